The van der Waals surface area contributed by atoms with Crippen LogP contribution in [0.4, 0.5) is 11.4 Å². The first kappa shape index (κ1) is 21.6. The molecule has 0 bridgehead atoms. The van der Waals surface area contributed by atoms with E-state index in [0.29, 0.717) is 24.2 Å². The predicted octanol–water partition coefficient (Wildman–Crippen LogP) is 2.26. The molecule has 0 radical (unpaired) electrons. The number of rotatable bonds is 10. The molecule has 0 spiro atoms. The summed E-state index contributed by atoms with van der Waals surface area (Å²) in [5.74, 6) is -1.57. The zero-order valence-electron chi connectivity index (χ0n) is 15.7. The van der Waals surface area contributed by atoms with Gasteiger partial charge in [-0.15, -0.1) is 0 Å². The number of hydrogen-bond acceptors (Lipinski definition) is 5. The molecule has 2 aromatic rings. The van der Waals surface area contributed by atoms with Gasteiger partial charge in [-0.1, -0.05) is 36.4 Å². The molecule has 8 heteroatoms. The lowest BCUT2D eigenvalue weighted by Gasteiger charge is -2.09. The maximum Gasteiger partial charge on any atom is 0.250 e. The zero-order valence-corrected chi connectivity index (χ0v) is 16.5. The first-order valence-electron chi connectivity index (χ1n) is 8.81. The van der Waals surface area contributed by atoms with Crippen LogP contribution in [0, 0.1) is 0 Å². The summed E-state index contributed by atoms with van der Waals surface area (Å²) in [6.45, 7) is -0.0855. The minimum atomic E-state index is -3.51. The Labute approximate surface area is 165 Å². The van der Waals surface area contributed by atoms with E-state index in [1.165, 1.54) is 7.11 Å². The molecule has 0 saturated carbocycles. The van der Waals surface area contributed by atoms with Gasteiger partial charge in [0.1, 0.15) is 12.4 Å². The molecule has 2 amide bonds. The summed E-state index contributed by atoms with van der Waals surface area (Å²) in [7, 11) is -2.09. The van der Waals surface area contributed by atoms with Crippen LogP contribution in [-0.4, -0.2) is 45.5 Å². The van der Waals surface area contributed by atoms with Crippen LogP contribution in [0.15, 0.2) is 54.6 Å². The average Bonchev–Trinajstić information content (AvgIpc) is 2.62. The number of carbonyl (C=O) groups is 2. The van der Waals surface area contributed by atoms with Gasteiger partial charge in [0.05, 0.1) is 5.75 Å². The number of carbonyl (C=O) groups excluding carboxylic acids is 2. The molecule has 0 aliphatic rings. The van der Waals surface area contributed by atoms with E-state index in [0.717, 1.165) is 5.56 Å². The Hall–Kier alpha value is -2.71. The molecular weight excluding hydrogens is 380 g/mol. The number of amides is 2. The second-order valence-electron chi connectivity index (χ2n) is 6.29. The molecule has 0 fully saturated rings. The van der Waals surface area contributed by atoms with Crippen molar-refractivity contribution in [2.75, 3.05) is 35.9 Å². The van der Waals surface area contributed by atoms with Crippen molar-refractivity contribution in [2.24, 2.45) is 0 Å². The van der Waals surface area contributed by atoms with Crippen LogP contribution < -0.4 is 10.6 Å². The topological polar surface area (TPSA) is 102 Å². The number of sulfone groups is 1. The fraction of sp³-hybridized carbons (Fsp3) is 0.300. The molecular formula is C20H24N2O5S. The Morgan fingerprint density at radius 1 is 0.929 bits per heavy atom. The van der Waals surface area contributed by atoms with Gasteiger partial charge in [-0.25, -0.2) is 8.42 Å². The number of anilines is 2. The van der Waals surface area contributed by atoms with E-state index >= 15 is 0 Å². The Morgan fingerprint density at radius 3 is 2.21 bits per heavy atom. The third-order valence-electron chi connectivity index (χ3n) is 3.82. The van der Waals surface area contributed by atoms with E-state index in [4.69, 9.17) is 4.74 Å². The second-order valence-corrected chi connectivity index (χ2v) is 8.48. The summed E-state index contributed by atoms with van der Waals surface area (Å²) in [4.78, 5) is 23.6. The van der Waals surface area contributed by atoms with Crippen LogP contribution in [-0.2, 0) is 30.6 Å². The molecule has 0 aromatic heterocycles. The maximum atomic E-state index is 12.2. The summed E-state index contributed by atoms with van der Waals surface area (Å²) in [5.41, 5.74) is 1.94. The standard InChI is InChI=1S/C20H24N2O5S/c1-27-14-19(23)21-17-10-5-11-18(13-17)22-20(24)15-28(25,26)12-6-9-16-7-3-2-4-8-16/h2-5,7-8,10-11,13H,6,9,12,14-15H2,1H3,(H,21,23)(H,22,24). The third-order valence-corrected chi connectivity index (χ3v) is 5.43. The molecule has 2 aromatic carbocycles. The van der Waals surface area contributed by atoms with Crippen molar-refractivity contribution < 1.29 is 22.7 Å². The van der Waals surface area contributed by atoms with E-state index < -0.39 is 21.5 Å². The normalized spacial score (nSPS) is 11.0. The molecule has 7 nitrogen and oxygen atoms in total. The molecule has 28 heavy (non-hydrogen) atoms. The molecule has 0 aliphatic carbocycles. The van der Waals surface area contributed by atoms with Gasteiger partial charge in [0.2, 0.25) is 11.8 Å². The van der Waals surface area contributed by atoms with Gasteiger partial charge >= 0.3 is 0 Å². The first-order chi connectivity index (χ1) is 13.4. The van der Waals surface area contributed by atoms with Crippen LogP contribution >= 0.6 is 0 Å². The van der Waals surface area contributed by atoms with Crippen LogP contribution in [0.2, 0.25) is 0 Å². The van der Waals surface area contributed by atoms with Crippen LogP contribution in [0.1, 0.15) is 12.0 Å². The van der Waals surface area contributed by atoms with Crippen LogP contribution in [0.25, 0.3) is 0 Å². The van der Waals surface area contributed by atoms with E-state index in [1.54, 1.807) is 24.3 Å². The fourth-order valence-electron chi connectivity index (χ4n) is 2.61. The summed E-state index contributed by atoms with van der Waals surface area (Å²) in [6, 6.07) is 16.1. The number of hydrogen-bond donors (Lipinski definition) is 2. The largest absolute Gasteiger partial charge is 0.375 e. The van der Waals surface area contributed by atoms with Gasteiger partial charge in [-0.05, 0) is 36.6 Å². The van der Waals surface area contributed by atoms with Gasteiger partial charge in [0, 0.05) is 18.5 Å². The van der Waals surface area contributed by atoms with Crippen molar-refractivity contribution in [3.8, 4) is 0 Å². The fourth-order valence-corrected chi connectivity index (χ4v) is 3.81. The van der Waals surface area contributed by atoms with Gasteiger partial charge in [-0.3, -0.25) is 9.59 Å². The molecule has 0 saturated heterocycles. The summed E-state index contributed by atoms with van der Waals surface area (Å²) >= 11 is 0. The first-order valence-corrected chi connectivity index (χ1v) is 10.6. The quantitative estimate of drug-likeness (QED) is 0.632. The lowest BCUT2D eigenvalue weighted by Crippen LogP contribution is -2.25. The minimum absolute atomic E-state index is 0.0531. The molecule has 0 atom stereocenters. The summed E-state index contributed by atoms with van der Waals surface area (Å²) < 4.78 is 29.1. The van der Waals surface area contributed by atoms with Crippen molar-refractivity contribution in [2.45, 2.75) is 12.8 Å². The predicted molar refractivity (Wildman–Crippen MR) is 109 cm³/mol. The average molecular weight is 404 g/mol. The van der Waals surface area contributed by atoms with Gasteiger partial charge < -0.3 is 15.4 Å². The highest BCUT2D eigenvalue weighted by Crippen LogP contribution is 2.15. The SMILES string of the molecule is COCC(=O)Nc1cccc(NC(=O)CS(=O)(=O)CCCc2ccccc2)c1. The minimum Gasteiger partial charge on any atom is -0.375 e. The molecule has 0 unspecified atom stereocenters. The Bertz CT molecular complexity index is 898. The number of methoxy groups -OCH3 is 1. The van der Waals surface area contributed by atoms with E-state index in [1.807, 2.05) is 30.3 Å². The van der Waals surface area contributed by atoms with E-state index in [9.17, 15) is 18.0 Å². The maximum absolute atomic E-state index is 12.2. The Morgan fingerprint density at radius 2 is 1.57 bits per heavy atom. The zero-order chi connectivity index (χ0) is 20.4. The van der Waals surface area contributed by atoms with E-state index in [-0.39, 0.29) is 18.3 Å². The second kappa shape index (κ2) is 10.6. The van der Waals surface area contributed by atoms with Gasteiger partial charge in [0.15, 0.2) is 9.84 Å². The van der Waals surface area contributed by atoms with Crippen LogP contribution in [0.3, 0.4) is 0 Å². The molecule has 150 valence electrons. The number of benzene rings is 2. The third kappa shape index (κ3) is 7.89. The number of aryl methyl sites for hydroxylation is 1. The molecule has 0 heterocycles. The van der Waals surface area contributed by atoms with E-state index in [2.05, 4.69) is 10.6 Å². The Balaban J connectivity index is 1.84. The lowest BCUT2D eigenvalue weighted by molar-refractivity contribution is -0.119. The summed E-state index contributed by atoms with van der Waals surface area (Å²) in [5, 5.41) is 5.17. The monoisotopic (exact) mass is 404 g/mol. The lowest BCUT2D eigenvalue weighted by atomic mass is 10.1. The smallest absolute Gasteiger partial charge is 0.250 e. The van der Waals surface area contributed by atoms with Crippen molar-refractivity contribution in [3.05, 3.63) is 60.2 Å². The molecule has 0 aliphatic heterocycles. The highest BCUT2D eigenvalue weighted by molar-refractivity contribution is 7.92. The molecule has 2 N–H and O–H groups in total. The van der Waals surface area contributed by atoms with Gasteiger partial charge in [-0.2, -0.15) is 0 Å². The van der Waals surface area contributed by atoms with Crippen molar-refractivity contribution in [1.29, 1.82) is 0 Å². The molecule has 2 rings (SSSR count). The van der Waals surface area contributed by atoms with Crippen molar-refractivity contribution in [1.82, 2.24) is 0 Å². The number of nitrogens with one attached hydrogen (secondary N) is 2. The van der Waals surface area contributed by atoms with Crippen molar-refractivity contribution in [3.63, 3.8) is 0 Å². The highest BCUT2D eigenvalue weighted by Gasteiger charge is 2.17. The van der Waals surface area contributed by atoms with Crippen molar-refractivity contribution >= 4 is 33.0 Å². The van der Waals surface area contributed by atoms with Gasteiger partial charge in [0.25, 0.3) is 0 Å². The Kier molecular flexibility index (Phi) is 8.16. The van der Waals surface area contributed by atoms with Crippen LogP contribution in [0.5, 0.6) is 0 Å². The highest BCUT2D eigenvalue weighted by atomic mass is 32.2. The number of ether oxygens (including phenoxy) is 1. The summed E-state index contributed by atoms with van der Waals surface area (Å²) in [6.07, 6.45) is 1.10.